The summed E-state index contributed by atoms with van der Waals surface area (Å²) < 4.78 is 11.7. The Labute approximate surface area is 171 Å². The predicted molar refractivity (Wildman–Crippen MR) is 110 cm³/mol. The molecule has 2 aliphatic rings. The summed E-state index contributed by atoms with van der Waals surface area (Å²) in [5.74, 6) is 1.14. The molecule has 1 saturated carbocycles. The number of likely N-dealkylation sites (tertiary alicyclic amines) is 1. The number of ether oxygens (including phenoxy) is 2. The Morgan fingerprint density at radius 2 is 1.97 bits per heavy atom. The maximum absolute atomic E-state index is 12.4. The largest absolute Gasteiger partial charge is 0.493 e. The van der Waals surface area contributed by atoms with Gasteiger partial charge in [-0.05, 0) is 49.9 Å². The number of H-pyrrole nitrogens is 1. The number of carbonyl (C=O) groups excluding carboxylic acids is 1. The van der Waals surface area contributed by atoms with Gasteiger partial charge in [0.1, 0.15) is 6.10 Å². The lowest BCUT2D eigenvalue weighted by Gasteiger charge is -2.36. The summed E-state index contributed by atoms with van der Waals surface area (Å²) in [5.41, 5.74) is 1.40. The third kappa shape index (κ3) is 4.90. The van der Waals surface area contributed by atoms with Crippen molar-refractivity contribution in [1.82, 2.24) is 20.4 Å². The van der Waals surface area contributed by atoms with Crippen LogP contribution in [0.4, 0.5) is 0 Å². The number of aromatic amines is 1. The van der Waals surface area contributed by atoms with Crippen LogP contribution in [0.2, 0.25) is 0 Å². The molecule has 2 fully saturated rings. The molecule has 0 atom stereocenters. The van der Waals surface area contributed by atoms with E-state index in [1.54, 1.807) is 25.4 Å². The normalized spacial score (nSPS) is 18.7. The molecule has 2 heterocycles. The first-order chi connectivity index (χ1) is 14.2. The minimum absolute atomic E-state index is 0.158. The van der Waals surface area contributed by atoms with E-state index in [2.05, 4.69) is 20.4 Å². The van der Waals surface area contributed by atoms with Gasteiger partial charge in [-0.25, -0.2) is 0 Å². The van der Waals surface area contributed by atoms with Gasteiger partial charge in [0.25, 0.3) is 5.91 Å². The van der Waals surface area contributed by atoms with E-state index < -0.39 is 0 Å². The lowest BCUT2D eigenvalue weighted by molar-refractivity contribution is 0.0750. The Morgan fingerprint density at radius 1 is 1.17 bits per heavy atom. The fourth-order valence-electron chi connectivity index (χ4n) is 4.37. The minimum atomic E-state index is -0.158. The molecule has 0 spiro atoms. The molecule has 1 aromatic heterocycles. The molecule has 1 amide bonds. The highest BCUT2D eigenvalue weighted by Gasteiger charge is 2.28. The van der Waals surface area contributed by atoms with Crippen LogP contribution in [-0.4, -0.2) is 53.3 Å². The summed E-state index contributed by atoms with van der Waals surface area (Å²) in [6.45, 7) is 2.61. The second kappa shape index (κ2) is 9.31. The minimum Gasteiger partial charge on any atom is -0.493 e. The molecule has 1 aliphatic carbocycles. The number of piperidine rings is 1. The van der Waals surface area contributed by atoms with Crippen molar-refractivity contribution in [1.29, 1.82) is 0 Å². The van der Waals surface area contributed by atoms with E-state index in [9.17, 15) is 4.79 Å². The van der Waals surface area contributed by atoms with Gasteiger partial charge in [-0.15, -0.1) is 0 Å². The SMILES string of the molecule is COc1cc(C(=O)NCc2ccn[nH]2)ccc1OC1CCN(C2CCCC2)CC1. The molecule has 7 heteroatoms. The van der Waals surface area contributed by atoms with E-state index in [0.717, 1.165) is 37.7 Å². The van der Waals surface area contributed by atoms with Crippen LogP contribution in [0.15, 0.2) is 30.5 Å². The topological polar surface area (TPSA) is 79.5 Å². The maximum atomic E-state index is 12.4. The van der Waals surface area contributed by atoms with Gasteiger partial charge in [0, 0.05) is 30.9 Å². The quantitative estimate of drug-likeness (QED) is 0.749. The molecular weight excluding hydrogens is 368 g/mol. The van der Waals surface area contributed by atoms with Crippen LogP contribution in [0, 0.1) is 0 Å². The number of rotatable bonds is 7. The molecule has 4 rings (SSSR count). The van der Waals surface area contributed by atoms with Gasteiger partial charge in [-0.1, -0.05) is 12.8 Å². The first-order valence-corrected chi connectivity index (χ1v) is 10.6. The number of nitrogens with one attached hydrogen (secondary N) is 2. The standard InChI is InChI=1S/C22H30N4O3/c1-28-21-14-16(22(27)23-15-17-8-11-24-25-17)6-7-20(21)29-19-9-12-26(13-10-19)18-4-2-3-5-18/h6-8,11,14,18-19H,2-5,9-10,12-13,15H2,1H3,(H,23,27)(H,24,25). The van der Waals surface area contributed by atoms with Gasteiger partial charge in [-0.2, -0.15) is 5.10 Å². The fraction of sp³-hybridized carbons (Fsp3) is 0.545. The van der Waals surface area contributed by atoms with E-state index in [4.69, 9.17) is 9.47 Å². The molecule has 156 valence electrons. The summed E-state index contributed by atoms with van der Waals surface area (Å²) in [6, 6.07) is 7.98. The average molecular weight is 399 g/mol. The van der Waals surface area contributed by atoms with Crippen LogP contribution in [-0.2, 0) is 6.54 Å². The third-order valence-corrected chi connectivity index (χ3v) is 6.03. The number of methoxy groups -OCH3 is 1. The average Bonchev–Trinajstić information content (AvgIpc) is 3.47. The molecule has 2 aromatic rings. The highest BCUT2D eigenvalue weighted by molar-refractivity contribution is 5.94. The van der Waals surface area contributed by atoms with E-state index >= 15 is 0 Å². The Hall–Kier alpha value is -2.54. The smallest absolute Gasteiger partial charge is 0.251 e. The molecule has 1 aromatic carbocycles. The second-order valence-corrected chi connectivity index (χ2v) is 7.92. The highest BCUT2D eigenvalue weighted by Crippen LogP contribution is 2.32. The Bertz CT molecular complexity index is 794. The number of aromatic nitrogens is 2. The maximum Gasteiger partial charge on any atom is 0.251 e. The van der Waals surface area contributed by atoms with Crippen molar-refractivity contribution < 1.29 is 14.3 Å². The summed E-state index contributed by atoms with van der Waals surface area (Å²) in [6.07, 6.45) is 9.38. The first-order valence-electron chi connectivity index (χ1n) is 10.6. The Kier molecular flexibility index (Phi) is 6.34. The van der Waals surface area contributed by atoms with Crippen molar-refractivity contribution in [3.8, 4) is 11.5 Å². The van der Waals surface area contributed by atoms with E-state index in [0.29, 0.717) is 23.6 Å². The van der Waals surface area contributed by atoms with Gasteiger partial charge < -0.3 is 19.7 Å². The molecule has 0 bridgehead atoms. The van der Waals surface area contributed by atoms with E-state index in [-0.39, 0.29) is 12.0 Å². The molecule has 1 saturated heterocycles. The van der Waals surface area contributed by atoms with Gasteiger partial charge in [0.2, 0.25) is 0 Å². The predicted octanol–water partition coefficient (Wildman–Crippen LogP) is 3.13. The third-order valence-electron chi connectivity index (χ3n) is 6.03. The van der Waals surface area contributed by atoms with Crippen LogP contribution in [0.1, 0.15) is 54.6 Å². The summed E-state index contributed by atoms with van der Waals surface area (Å²) in [5, 5.41) is 9.58. The van der Waals surface area contributed by atoms with Crippen LogP contribution in [0.3, 0.4) is 0 Å². The highest BCUT2D eigenvalue weighted by atomic mass is 16.5. The number of nitrogens with zero attached hydrogens (tertiary/aromatic N) is 2. The fourth-order valence-corrected chi connectivity index (χ4v) is 4.37. The van der Waals surface area contributed by atoms with Crippen molar-refractivity contribution in [2.24, 2.45) is 0 Å². The number of amides is 1. The number of hydrogen-bond acceptors (Lipinski definition) is 5. The van der Waals surface area contributed by atoms with E-state index in [1.165, 1.54) is 25.7 Å². The zero-order valence-corrected chi connectivity index (χ0v) is 17.0. The Balaban J connectivity index is 1.32. The molecule has 29 heavy (non-hydrogen) atoms. The molecule has 7 nitrogen and oxygen atoms in total. The molecule has 2 N–H and O–H groups in total. The second-order valence-electron chi connectivity index (χ2n) is 7.92. The molecule has 0 radical (unpaired) electrons. The van der Waals surface area contributed by atoms with Gasteiger partial charge in [-0.3, -0.25) is 9.89 Å². The number of hydrogen-bond donors (Lipinski definition) is 2. The molecular formula is C22H30N4O3. The van der Waals surface area contributed by atoms with Crippen molar-refractivity contribution in [2.75, 3.05) is 20.2 Å². The Morgan fingerprint density at radius 3 is 2.66 bits per heavy atom. The van der Waals surface area contributed by atoms with E-state index in [1.807, 2.05) is 12.1 Å². The van der Waals surface area contributed by atoms with Gasteiger partial charge in [0.15, 0.2) is 11.5 Å². The van der Waals surface area contributed by atoms with Crippen molar-refractivity contribution in [2.45, 2.75) is 57.2 Å². The van der Waals surface area contributed by atoms with Crippen molar-refractivity contribution in [3.63, 3.8) is 0 Å². The zero-order chi connectivity index (χ0) is 20.1. The first kappa shape index (κ1) is 19.8. The summed E-state index contributed by atoms with van der Waals surface area (Å²) in [4.78, 5) is 15.1. The number of carbonyl (C=O) groups is 1. The van der Waals surface area contributed by atoms with Crippen LogP contribution in [0.25, 0.3) is 0 Å². The summed E-state index contributed by atoms with van der Waals surface area (Å²) >= 11 is 0. The summed E-state index contributed by atoms with van der Waals surface area (Å²) in [7, 11) is 1.61. The van der Waals surface area contributed by atoms with Gasteiger partial charge in [0.05, 0.1) is 19.3 Å². The lowest BCUT2D eigenvalue weighted by Crippen LogP contribution is -2.43. The van der Waals surface area contributed by atoms with Crippen LogP contribution >= 0.6 is 0 Å². The lowest BCUT2D eigenvalue weighted by atomic mass is 10.0. The molecule has 0 unspecified atom stereocenters. The monoisotopic (exact) mass is 398 g/mol. The van der Waals surface area contributed by atoms with Crippen molar-refractivity contribution >= 4 is 5.91 Å². The van der Waals surface area contributed by atoms with Gasteiger partial charge >= 0.3 is 0 Å². The van der Waals surface area contributed by atoms with Crippen LogP contribution < -0.4 is 14.8 Å². The zero-order valence-electron chi connectivity index (χ0n) is 17.0. The number of benzene rings is 1. The van der Waals surface area contributed by atoms with Crippen LogP contribution in [0.5, 0.6) is 11.5 Å². The van der Waals surface area contributed by atoms with Crippen molar-refractivity contribution in [3.05, 3.63) is 41.7 Å². The molecule has 1 aliphatic heterocycles.